The first-order valence-corrected chi connectivity index (χ1v) is 11.3. The van der Waals surface area contributed by atoms with Crippen LogP contribution in [0, 0.1) is 0 Å². The van der Waals surface area contributed by atoms with Crippen molar-refractivity contribution in [1.29, 1.82) is 0 Å². The van der Waals surface area contributed by atoms with E-state index in [-0.39, 0.29) is 0 Å². The van der Waals surface area contributed by atoms with Gasteiger partial charge < -0.3 is 19.3 Å². The van der Waals surface area contributed by atoms with Gasteiger partial charge >= 0.3 is 0 Å². The van der Waals surface area contributed by atoms with Crippen LogP contribution in [0.15, 0.2) is 34.8 Å². The molecule has 7 heteroatoms. The molecule has 3 rings (SSSR count). The van der Waals surface area contributed by atoms with Crippen LogP contribution in [0.1, 0.15) is 17.5 Å². The number of methoxy groups -OCH3 is 1. The number of piperazine rings is 1. The smallest absolute Gasteiger partial charge is 0.175 e. The van der Waals surface area contributed by atoms with E-state index in [0.717, 1.165) is 61.4 Å². The lowest BCUT2D eigenvalue weighted by atomic mass is 10.1. The molecule has 0 amide bonds. The fourth-order valence-electron chi connectivity index (χ4n) is 3.42. The Hall–Kier alpha value is -0.980. The third-order valence-electron chi connectivity index (χ3n) is 5.19. The number of nitrogens with zero attached hydrogens (tertiary/aromatic N) is 2. The largest absolute Gasteiger partial charge is 0.493 e. The molecule has 29 heavy (non-hydrogen) atoms. The van der Waals surface area contributed by atoms with Crippen molar-refractivity contribution < 1.29 is 9.47 Å². The standard InChI is InChI=1S/C22H27BrCl2N2O2/c1-26-8-10-27(11-9-26)7-3-4-16-12-18(23)22(21(14-16)28-2)29-15-17-5-6-19(24)20(25)13-17/h5-6,12-14H,3-4,7-11,15H2,1-2H3. The monoisotopic (exact) mass is 500 g/mol. The van der Waals surface area contributed by atoms with Crippen molar-refractivity contribution in [2.75, 3.05) is 46.9 Å². The maximum atomic E-state index is 6.09. The number of hydrogen-bond donors (Lipinski definition) is 0. The number of likely N-dealkylation sites (N-methyl/N-ethyl adjacent to an activating group) is 1. The summed E-state index contributed by atoms with van der Waals surface area (Å²) in [6.07, 6.45) is 2.14. The van der Waals surface area contributed by atoms with Crippen molar-refractivity contribution in [2.45, 2.75) is 19.4 Å². The molecule has 0 unspecified atom stereocenters. The van der Waals surface area contributed by atoms with Gasteiger partial charge in [0.25, 0.3) is 0 Å². The SMILES string of the molecule is COc1cc(CCCN2CCN(C)CC2)cc(Br)c1OCc1ccc(Cl)c(Cl)c1. The maximum absolute atomic E-state index is 6.09. The zero-order valence-corrected chi connectivity index (χ0v) is 20.0. The van der Waals surface area contributed by atoms with Gasteiger partial charge in [0.1, 0.15) is 6.61 Å². The molecule has 0 saturated carbocycles. The van der Waals surface area contributed by atoms with Crippen LogP contribution in [0.2, 0.25) is 10.0 Å². The average molecular weight is 502 g/mol. The highest BCUT2D eigenvalue weighted by atomic mass is 79.9. The highest BCUT2D eigenvalue weighted by Gasteiger charge is 2.15. The minimum atomic E-state index is 0.384. The van der Waals surface area contributed by atoms with Crippen LogP contribution >= 0.6 is 39.1 Å². The van der Waals surface area contributed by atoms with E-state index in [0.29, 0.717) is 22.4 Å². The average Bonchev–Trinajstić information content (AvgIpc) is 2.71. The molecule has 0 aliphatic carbocycles. The fraction of sp³-hybridized carbons (Fsp3) is 0.455. The molecule has 0 aromatic heterocycles. The normalized spacial score (nSPS) is 15.5. The van der Waals surface area contributed by atoms with Gasteiger partial charge in [-0.1, -0.05) is 29.3 Å². The Morgan fingerprint density at radius 1 is 1.00 bits per heavy atom. The Morgan fingerprint density at radius 2 is 1.76 bits per heavy atom. The summed E-state index contributed by atoms with van der Waals surface area (Å²) in [4.78, 5) is 4.93. The molecule has 1 aliphatic heterocycles. The van der Waals surface area contributed by atoms with Crippen LogP contribution in [-0.4, -0.2) is 56.7 Å². The van der Waals surface area contributed by atoms with Gasteiger partial charge in [0.15, 0.2) is 11.5 Å². The summed E-state index contributed by atoms with van der Waals surface area (Å²) >= 11 is 15.7. The van der Waals surface area contributed by atoms with E-state index in [2.05, 4.69) is 44.9 Å². The molecular weight excluding hydrogens is 475 g/mol. The number of aryl methyl sites for hydroxylation is 1. The summed E-state index contributed by atoms with van der Waals surface area (Å²) in [5.41, 5.74) is 2.19. The fourth-order valence-corrected chi connectivity index (χ4v) is 4.35. The van der Waals surface area contributed by atoms with Gasteiger partial charge in [-0.2, -0.15) is 0 Å². The first-order valence-electron chi connectivity index (χ1n) is 9.80. The first-order chi connectivity index (χ1) is 14.0. The Balaban J connectivity index is 1.58. The van der Waals surface area contributed by atoms with Crippen molar-refractivity contribution in [3.05, 3.63) is 56.0 Å². The molecule has 1 heterocycles. The summed E-state index contributed by atoms with van der Waals surface area (Å²) in [6, 6.07) is 9.69. The second-order valence-electron chi connectivity index (χ2n) is 7.39. The molecule has 0 atom stereocenters. The van der Waals surface area contributed by atoms with E-state index < -0.39 is 0 Å². The van der Waals surface area contributed by atoms with Crippen LogP contribution in [0.5, 0.6) is 11.5 Å². The zero-order valence-electron chi connectivity index (χ0n) is 16.9. The third-order valence-corrected chi connectivity index (χ3v) is 6.52. The molecule has 158 valence electrons. The van der Waals surface area contributed by atoms with E-state index in [1.54, 1.807) is 13.2 Å². The summed E-state index contributed by atoms with van der Waals surface area (Å²) in [5.74, 6) is 1.43. The van der Waals surface area contributed by atoms with Gasteiger partial charge in [-0.15, -0.1) is 0 Å². The lowest BCUT2D eigenvalue weighted by molar-refractivity contribution is 0.153. The van der Waals surface area contributed by atoms with Gasteiger partial charge in [-0.05, 0) is 77.8 Å². The third kappa shape index (κ3) is 6.50. The second kappa shape index (κ2) is 10.9. The number of rotatable bonds is 8. The lowest BCUT2D eigenvalue weighted by Gasteiger charge is -2.32. The first kappa shape index (κ1) is 22.7. The highest BCUT2D eigenvalue weighted by molar-refractivity contribution is 9.10. The van der Waals surface area contributed by atoms with Crippen LogP contribution in [0.25, 0.3) is 0 Å². The van der Waals surface area contributed by atoms with Gasteiger partial charge in [0, 0.05) is 26.2 Å². The van der Waals surface area contributed by atoms with Crippen molar-refractivity contribution in [3.63, 3.8) is 0 Å². The molecule has 2 aromatic rings. The Labute approximate surface area is 191 Å². The molecule has 4 nitrogen and oxygen atoms in total. The minimum Gasteiger partial charge on any atom is -0.493 e. The molecule has 1 saturated heterocycles. The van der Waals surface area contributed by atoms with Gasteiger partial charge in [-0.25, -0.2) is 0 Å². The summed E-state index contributed by atoms with van der Waals surface area (Å²) in [5, 5.41) is 1.06. The van der Waals surface area contributed by atoms with Crippen molar-refractivity contribution >= 4 is 39.1 Å². The lowest BCUT2D eigenvalue weighted by Crippen LogP contribution is -2.44. The Bertz CT molecular complexity index is 827. The Morgan fingerprint density at radius 3 is 2.45 bits per heavy atom. The highest BCUT2D eigenvalue weighted by Crippen LogP contribution is 2.37. The molecule has 1 fully saturated rings. The second-order valence-corrected chi connectivity index (χ2v) is 9.06. The molecule has 0 N–H and O–H groups in total. The van der Waals surface area contributed by atoms with Crippen molar-refractivity contribution in [2.24, 2.45) is 0 Å². The molecule has 2 aromatic carbocycles. The molecule has 0 spiro atoms. The number of benzene rings is 2. The molecular formula is C22H27BrCl2N2O2. The summed E-state index contributed by atoms with van der Waals surface area (Å²) in [7, 11) is 3.86. The van der Waals surface area contributed by atoms with E-state index in [9.17, 15) is 0 Å². The number of ether oxygens (including phenoxy) is 2. The van der Waals surface area contributed by atoms with Gasteiger partial charge in [-0.3, -0.25) is 0 Å². The maximum Gasteiger partial charge on any atom is 0.175 e. The predicted octanol–water partition coefficient (Wildman–Crippen LogP) is 5.52. The van der Waals surface area contributed by atoms with Crippen molar-refractivity contribution in [3.8, 4) is 11.5 Å². The van der Waals surface area contributed by atoms with E-state index >= 15 is 0 Å². The molecule has 1 aliphatic rings. The number of hydrogen-bond acceptors (Lipinski definition) is 4. The molecule has 0 bridgehead atoms. The van der Waals surface area contributed by atoms with E-state index in [4.69, 9.17) is 32.7 Å². The summed E-state index contributed by atoms with van der Waals surface area (Å²) < 4.78 is 12.5. The Kier molecular flexibility index (Phi) is 8.51. The van der Waals surface area contributed by atoms with Gasteiger partial charge in [0.05, 0.1) is 21.6 Å². The van der Waals surface area contributed by atoms with Crippen LogP contribution < -0.4 is 9.47 Å². The van der Waals surface area contributed by atoms with E-state index in [1.165, 1.54) is 5.56 Å². The molecule has 0 radical (unpaired) electrons. The minimum absolute atomic E-state index is 0.384. The topological polar surface area (TPSA) is 24.9 Å². The quantitative estimate of drug-likeness (QED) is 0.475. The van der Waals surface area contributed by atoms with Gasteiger partial charge in [0.2, 0.25) is 0 Å². The predicted molar refractivity (Wildman–Crippen MR) is 124 cm³/mol. The van der Waals surface area contributed by atoms with Crippen molar-refractivity contribution in [1.82, 2.24) is 9.80 Å². The van der Waals surface area contributed by atoms with Crippen LogP contribution in [0.4, 0.5) is 0 Å². The summed E-state index contributed by atoms with van der Waals surface area (Å²) in [6.45, 7) is 6.14. The van der Waals surface area contributed by atoms with E-state index in [1.807, 2.05) is 12.1 Å². The number of halogens is 3. The van der Waals surface area contributed by atoms with Crippen LogP contribution in [0.3, 0.4) is 0 Å². The zero-order chi connectivity index (χ0) is 20.8. The van der Waals surface area contributed by atoms with Crippen LogP contribution in [-0.2, 0) is 13.0 Å².